The second-order valence-corrected chi connectivity index (χ2v) is 5.77. The van der Waals surface area contributed by atoms with Gasteiger partial charge in [-0.05, 0) is 32.6 Å². The molecule has 0 aliphatic rings. The molecular formula is C15H23ClN4O. The molecule has 0 bridgehead atoms. The van der Waals surface area contributed by atoms with Crippen LogP contribution >= 0.6 is 11.6 Å². The number of aromatic nitrogens is 3. The Morgan fingerprint density at radius 3 is 2.86 bits per heavy atom. The van der Waals surface area contributed by atoms with E-state index in [1.807, 2.05) is 27.2 Å². The SMILES string of the molecule is Cc1cnc2c(c1)nc(CCCl)n2CCOCCN(C)C. The fraction of sp³-hybridized carbons (Fsp3) is 0.600. The van der Waals surface area contributed by atoms with Crippen LogP contribution in [0.15, 0.2) is 12.3 Å². The quantitative estimate of drug-likeness (QED) is 0.553. The topological polar surface area (TPSA) is 43.2 Å². The summed E-state index contributed by atoms with van der Waals surface area (Å²) in [7, 11) is 4.08. The Kier molecular flexibility index (Phi) is 5.96. The fourth-order valence-electron chi connectivity index (χ4n) is 2.17. The zero-order chi connectivity index (χ0) is 15.2. The number of hydrogen-bond donors (Lipinski definition) is 0. The van der Waals surface area contributed by atoms with Crippen LogP contribution in [-0.4, -0.2) is 59.2 Å². The van der Waals surface area contributed by atoms with Gasteiger partial charge in [0.05, 0.1) is 13.2 Å². The zero-order valence-corrected chi connectivity index (χ0v) is 13.7. The minimum Gasteiger partial charge on any atom is -0.378 e. The number of likely N-dealkylation sites (N-methyl/N-ethyl adjacent to an activating group) is 1. The molecule has 0 aromatic carbocycles. The van der Waals surface area contributed by atoms with E-state index in [1.165, 1.54) is 0 Å². The molecule has 0 radical (unpaired) electrons. The average Bonchev–Trinajstić information content (AvgIpc) is 2.75. The van der Waals surface area contributed by atoms with Crippen molar-refractivity contribution in [3.63, 3.8) is 0 Å². The smallest absolute Gasteiger partial charge is 0.160 e. The minimum atomic E-state index is 0.559. The largest absolute Gasteiger partial charge is 0.378 e. The van der Waals surface area contributed by atoms with Crippen molar-refractivity contribution in [2.75, 3.05) is 39.7 Å². The summed E-state index contributed by atoms with van der Waals surface area (Å²) < 4.78 is 7.79. The highest BCUT2D eigenvalue weighted by atomic mass is 35.5. The van der Waals surface area contributed by atoms with Crippen LogP contribution in [0.4, 0.5) is 0 Å². The van der Waals surface area contributed by atoms with E-state index >= 15 is 0 Å². The van der Waals surface area contributed by atoms with Crippen LogP contribution < -0.4 is 0 Å². The number of fused-ring (bicyclic) bond motifs is 1. The van der Waals surface area contributed by atoms with Gasteiger partial charge in [-0.25, -0.2) is 9.97 Å². The Morgan fingerprint density at radius 1 is 1.33 bits per heavy atom. The summed E-state index contributed by atoms with van der Waals surface area (Å²) >= 11 is 5.87. The van der Waals surface area contributed by atoms with E-state index in [0.29, 0.717) is 12.5 Å². The zero-order valence-electron chi connectivity index (χ0n) is 13.0. The van der Waals surface area contributed by atoms with Gasteiger partial charge in [-0.3, -0.25) is 0 Å². The predicted octanol–water partition coefficient (Wildman–Crippen LogP) is 2.10. The van der Waals surface area contributed by atoms with Crippen LogP contribution in [0.1, 0.15) is 11.4 Å². The van der Waals surface area contributed by atoms with E-state index in [-0.39, 0.29) is 0 Å². The molecule has 0 N–H and O–H groups in total. The van der Waals surface area contributed by atoms with Gasteiger partial charge in [0.25, 0.3) is 0 Å². The maximum absolute atomic E-state index is 5.87. The Labute approximate surface area is 130 Å². The van der Waals surface area contributed by atoms with Crippen molar-refractivity contribution in [2.24, 2.45) is 0 Å². The number of nitrogens with zero attached hydrogens (tertiary/aromatic N) is 4. The molecule has 2 rings (SSSR count). The van der Waals surface area contributed by atoms with Crippen molar-refractivity contribution >= 4 is 22.8 Å². The first-order valence-corrected chi connectivity index (χ1v) is 7.75. The lowest BCUT2D eigenvalue weighted by atomic mass is 10.3. The second-order valence-electron chi connectivity index (χ2n) is 5.39. The van der Waals surface area contributed by atoms with Crippen LogP contribution in [0.5, 0.6) is 0 Å². The lowest BCUT2D eigenvalue weighted by Gasteiger charge is -2.11. The molecule has 2 aromatic heterocycles. The van der Waals surface area contributed by atoms with E-state index < -0.39 is 0 Å². The van der Waals surface area contributed by atoms with Gasteiger partial charge in [0, 0.05) is 31.6 Å². The molecule has 5 nitrogen and oxygen atoms in total. The molecule has 0 saturated heterocycles. The van der Waals surface area contributed by atoms with Gasteiger partial charge in [0.15, 0.2) is 5.65 Å². The molecule has 0 spiro atoms. The summed E-state index contributed by atoms with van der Waals surface area (Å²) in [5, 5.41) is 0. The first-order valence-electron chi connectivity index (χ1n) is 7.22. The maximum atomic E-state index is 5.87. The minimum absolute atomic E-state index is 0.559. The van der Waals surface area contributed by atoms with Crippen molar-refractivity contribution in [2.45, 2.75) is 19.9 Å². The molecule has 0 amide bonds. The molecule has 0 fully saturated rings. The van der Waals surface area contributed by atoms with Crippen molar-refractivity contribution in [3.05, 3.63) is 23.7 Å². The summed E-state index contributed by atoms with van der Waals surface area (Å²) in [6, 6.07) is 2.06. The molecule has 0 aliphatic heterocycles. The number of ether oxygens (including phenoxy) is 1. The number of imidazole rings is 1. The highest BCUT2D eigenvalue weighted by molar-refractivity contribution is 6.17. The Hall–Kier alpha value is -1.17. The van der Waals surface area contributed by atoms with Crippen LogP contribution in [0.25, 0.3) is 11.2 Å². The summed E-state index contributed by atoms with van der Waals surface area (Å²) in [4.78, 5) is 11.3. The third-order valence-electron chi connectivity index (χ3n) is 3.26. The van der Waals surface area contributed by atoms with Crippen molar-refractivity contribution in [3.8, 4) is 0 Å². The lowest BCUT2D eigenvalue weighted by molar-refractivity contribution is 0.111. The Balaban J connectivity index is 2.07. The number of halogens is 1. The van der Waals surface area contributed by atoms with E-state index in [2.05, 4.69) is 25.5 Å². The van der Waals surface area contributed by atoms with Crippen LogP contribution in [-0.2, 0) is 17.7 Å². The molecule has 0 unspecified atom stereocenters. The van der Waals surface area contributed by atoms with Gasteiger partial charge in [0.2, 0.25) is 0 Å². The number of rotatable bonds is 8. The molecule has 21 heavy (non-hydrogen) atoms. The second kappa shape index (κ2) is 7.73. The summed E-state index contributed by atoms with van der Waals surface area (Å²) in [6.45, 7) is 5.10. The first-order chi connectivity index (χ1) is 10.1. The van der Waals surface area contributed by atoms with Crippen LogP contribution in [0, 0.1) is 6.92 Å². The third-order valence-corrected chi connectivity index (χ3v) is 3.45. The summed E-state index contributed by atoms with van der Waals surface area (Å²) in [5.41, 5.74) is 2.96. The lowest BCUT2D eigenvalue weighted by Crippen LogP contribution is -2.19. The first kappa shape index (κ1) is 16.2. The van der Waals surface area contributed by atoms with E-state index in [4.69, 9.17) is 16.3 Å². The average molecular weight is 311 g/mol. The number of hydrogen-bond acceptors (Lipinski definition) is 4. The molecule has 2 aromatic rings. The monoisotopic (exact) mass is 310 g/mol. The van der Waals surface area contributed by atoms with Gasteiger partial charge in [0.1, 0.15) is 11.3 Å². The highest BCUT2D eigenvalue weighted by Gasteiger charge is 2.11. The van der Waals surface area contributed by atoms with Crippen LogP contribution in [0.2, 0.25) is 0 Å². The fourth-order valence-corrected chi connectivity index (χ4v) is 2.34. The number of aryl methyl sites for hydroxylation is 2. The molecule has 2 heterocycles. The van der Waals surface area contributed by atoms with E-state index in [1.54, 1.807) is 0 Å². The summed E-state index contributed by atoms with van der Waals surface area (Å²) in [6.07, 6.45) is 2.62. The molecule has 0 aliphatic carbocycles. The van der Waals surface area contributed by atoms with E-state index in [0.717, 1.165) is 48.7 Å². The standard InChI is InChI=1S/C15H23ClN4O/c1-12-10-13-15(17-11-12)20(14(18-13)4-5-16)7-9-21-8-6-19(2)3/h10-11H,4-9H2,1-3H3. The van der Waals surface area contributed by atoms with Crippen LogP contribution in [0.3, 0.4) is 0 Å². The molecule has 0 atom stereocenters. The predicted molar refractivity (Wildman–Crippen MR) is 86.1 cm³/mol. The van der Waals surface area contributed by atoms with Gasteiger partial charge in [-0.1, -0.05) is 0 Å². The third kappa shape index (κ3) is 4.40. The maximum Gasteiger partial charge on any atom is 0.160 e. The highest BCUT2D eigenvalue weighted by Crippen LogP contribution is 2.16. The van der Waals surface area contributed by atoms with Gasteiger partial charge >= 0.3 is 0 Å². The molecule has 116 valence electrons. The van der Waals surface area contributed by atoms with Gasteiger partial charge < -0.3 is 14.2 Å². The molecule has 6 heteroatoms. The van der Waals surface area contributed by atoms with Gasteiger partial charge in [-0.15, -0.1) is 11.6 Å². The van der Waals surface area contributed by atoms with Crippen molar-refractivity contribution in [1.29, 1.82) is 0 Å². The number of pyridine rings is 1. The Morgan fingerprint density at radius 2 is 2.14 bits per heavy atom. The van der Waals surface area contributed by atoms with Gasteiger partial charge in [-0.2, -0.15) is 0 Å². The summed E-state index contributed by atoms with van der Waals surface area (Å²) in [5.74, 6) is 1.54. The number of alkyl halides is 1. The van der Waals surface area contributed by atoms with Crippen molar-refractivity contribution in [1.82, 2.24) is 19.4 Å². The normalized spacial score (nSPS) is 11.7. The Bertz CT molecular complexity index is 582. The molecular weight excluding hydrogens is 288 g/mol. The van der Waals surface area contributed by atoms with E-state index in [9.17, 15) is 0 Å². The molecule has 0 saturated carbocycles. The van der Waals surface area contributed by atoms with Crippen molar-refractivity contribution < 1.29 is 4.74 Å².